The highest BCUT2D eigenvalue weighted by Gasteiger charge is 2.35. The molecule has 2 aliphatic heterocycles. The molecule has 1 aromatic carbocycles. The predicted octanol–water partition coefficient (Wildman–Crippen LogP) is 3.60. The molecular weight excluding hydrogens is 402 g/mol. The zero-order chi connectivity index (χ0) is 20.3. The van der Waals surface area contributed by atoms with Crippen LogP contribution >= 0.6 is 11.6 Å². The number of hydrogen-bond donors (Lipinski definition) is 0. The number of piperidine rings is 1. The van der Waals surface area contributed by atoms with E-state index in [-0.39, 0.29) is 17.7 Å². The third-order valence-electron chi connectivity index (χ3n) is 5.50. The number of benzene rings is 1. The van der Waals surface area contributed by atoms with Crippen LogP contribution in [0.1, 0.15) is 51.5 Å². The summed E-state index contributed by atoms with van der Waals surface area (Å²) in [7, 11) is -3.69. The summed E-state index contributed by atoms with van der Waals surface area (Å²) < 4.78 is 37.2. The van der Waals surface area contributed by atoms with E-state index in [1.807, 2.05) is 6.92 Å². The largest absolute Gasteiger partial charge is 0.489 e. The van der Waals surface area contributed by atoms with Gasteiger partial charge in [0.2, 0.25) is 5.91 Å². The number of nitrogens with zero attached hydrogens (tertiary/aromatic N) is 1. The molecule has 1 saturated heterocycles. The van der Waals surface area contributed by atoms with E-state index in [9.17, 15) is 13.2 Å². The Morgan fingerprint density at radius 2 is 2.00 bits per heavy atom. The zero-order valence-corrected chi connectivity index (χ0v) is 18.0. The lowest BCUT2D eigenvalue weighted by atomic mass is 10.00. The van der Waals surface area contributed by atoms with Crippen molar-refractivity contribution in [2.24, 2.45) is 0 Å². The average Bonchev–Trinajstić information content (AvgIpc) is 2.92. The Hall–Kier alpha value is -1.47. The van der Waals surface area contributed by atoms with E-state index >= 15 is 0 Å². The van der Waals surface area contributed by atoms with Crippen molar-refractivity contribution in [3.8, 4) is 11.5 Å². The van der Waals surface area contributed by atoms with Crippen molar-refractivity contribution in [3.05, 3.63) is 22.7 Å². The zero-order valence-electron chi connectivity index (χ0n) is 16.4. The number of rotatable bonds is 5. The fourth-order valence-corrected chi connectivity index (χ4v) is 5.44. The summed E-state index contributed by atoms with van der Waals surface area (Å²) in [6.45, 7) is 5.15. The number of carbonyl (C=O) groups is 1. The summed E-state index contributed by atoms with van der Waals surface area (Å²) in [6, 6.07) is 3.36. The van der Waals surface area contributed by atoms with E-state index in [0.29, 0.717) is 41.8 Å². The van der Waals surface area contributed by atoms with E-state index in [2.05, 4.69) is 0 Å². The van der Waals surface area contributed by atoms with Crippen molar-refractivity contribution < 1.29 is 22.7 Å². The standard InChI is InChI=1S/C20H28ClNO5S/c1-3-16-7-4-5-8-22(16)20(23)14(2)28(24,25)13-15-11-17(21)19-18(12-15)26-9-6-10-27-19/h11-12,14,16H,3-10,13H2,1-2H3/t14-,16-/m0/s1. The van der Waals surface area contributed by atoms with Crippen LogP contribution in [-0.2, 0) is 20.4 Å². The third kappa shape index (κ3) is 4.57. The second kappa shape index (κ2) is 8.91. The number of fused-ring (bicyclic) bond motifs is 1. The Balaban J connectivity index is 1.78. The minimum Gasteiger partial charge on any atom is -0.489 e. The Kier molecular flexibility index (Phi) is 6.76. The summed E-state index contributed by atoms with van der Waals surface area (Å²) in [5.41, 5.74) is 0.500. The maximum Gasteiger partial charge on any atom is 0.240 e. The molecular formula is C20H28ClNO5S. The van der Waals surface area contributed by atoms with Gasteiger partial charge in [0.15, 0.2) is 21.3 Å². The second-order valence-corrected chi connectivity index (χ2v) is 10.2. The minimum absolute atomic E-state index is 0.131. The van der Waals surface area contributed by atoms with Crippen LogP contribution < -0.4 is 9.47 Å². The van der Waals surface area contributed by atoms with Gasteiger partial charge in [0.1, 0.15) is 5.25 Å². The molecule has 0 radical (unpaired) electrons. The molecule has 0 aliphatic carbocycles. The molecule has 1 amide bonds. The van der Waals surface area contributed by atoms with Crippen LogP contribution in [0, 0.1) is 0 Å². The number of amides is 1. The normalized spacial score (nSPS) is 21.1. The fourth-order valence-electron chi connectivity index (χ4n) is 3.83. The first-order chi connectivity index (χ1) is 13.3. The Bertz CT molecular complexity index is 826. The quantitative estimate of drug-likeness (QED) is 0.715. The molecule has 0 bridgehead atoms. The van der Waals surface area contributed by atoms with Gasteiger partial charge in [-0.05, 0) is 50.3 Å². The lowest BCUT2D eigenvalue weighted by molar-refractivity contribution is -0.134. The van der Waals surface area contributed by atoms with Gasteiger partial charge >= 0.3 is 0 Å². The number of sulfone groups is 1. The van der Waals surface area contributed by atoms with Crippen LogP contribution in [0.15, 0.2) is 12.1 Å². The summed E-state index contributed by atoms with van der Waals surface area (Å²) in [4.78, 5) is 14.7. The summed E-state index contributed by atoms with van der Waals surface area (Å²) >= 11 is 6.28. The lowest BCUT2D eigenvalue weighted by Gasteiger charge is -2.36. The molecule has 1 aromatic rings. The van der Waals surface area contributed by atoms with E-state index in [1.165, 1.54) is 6.92 Å². The summed E-state index contributed by atoms with van der Waals surface area (Å²) in [5.74, 6) is 0.341. The number of ether oxygens (including phenoxy) is 2. The van der Waals surface area contributed by atoms with Crippen molar-refractivity contribution in [3.63, 3.8) is 0 Å². The molecule has 2 heterocycles. The van der Waals surface area contributed by atoms with Crippen LogP contribution in [0.3, 0.4) is 0 Å². The Labute approximate surface area is 172 Å². The lowest BCUT2D eigenvalue weighted by Crippen LogP contribution is -2.49. The van der Waals surface area contributed by atoms with Crippen LogP contribution in [0.25, 0.3) is 0 Å². The van der Waals surface area contributed by atoms with Gasteiger partial charge in [-0.3, -0.25) is 4.79 Å². The van der Waals surface area contributed by atoms with Crippen LogP contribution in [0.5, 0.6) is 11.5 Å². The molecule has 28 heavy (non-hydrogen) atoms. The smallest absolute Gasteiger partial charge is 0.240 e. The molecule has 2 aliphatic rings. The molecule has 8 heteroatoms. The average molecular weight is 430 g/mol. The first kappa shape index (κ1) is 21.2. The van der Waals surface area contributed by atoms with E-state index in [1.54, 1.807) is 17.0 Å². The third-order valence-corrected chi connectivity index (χ3v) is 7.79. The van der Waals surface area contributed by atoms with Gasteiger partial charge in [-0.15, -0.1) is 0 Å². The molecule has 0 spiro atoms. The highest BCUT2D eigenvalue weighted by atomic mass is 35.5. The fraction of sp³-hybridized carbons (Fsp3) is 0.650. The number of halogens is 1. The van der Waals surface area contributed by atoms with Crippen molar-refractivity contribution >= 4 is 27.3 Å². The maximum atomic E-state index is 13.0. The highest BCUT2D eigenvalue weighted by molar-refractivity contribution is 7.92. The van der Waals surface area contributed by atoms with Crippen LogP contribution in [0.4, 0.5) is 0 Å². The molecule has 0 N–H and O–H groups in total. The molecule has 3 rings (SSSR count). The van der Waals surface area contributed by atoms with Gasteiger partial charge in [0, 0.05) is 19.0 Å². The monoisotopic (exact) mass is 429 g/mol. The first-order valence-corrected chi connectivity index (χ1v) is 12.0. The van der Waals surface area contributed by atoms with Gasteiger partial charge in [0.05, 0.1) is 24.0 Å². The summed E-state index contributed by atoms with van der Waals surface area (Å²) in [5, 5.41) is -0.764. The SMILES string of the molecule is CC[C@H]1CCCCN1C(=O)[C@H](C)S(=O)(=O)Cc1cc(Cl)c2c(c1)OCCCO2. The molecule has 6 nitrogen and oxygen atoms in total. The number of likely N-dealkylation sites (tertiary alicyclic amines) is 1. The Morgan fingerprint density at radius 1 is 1.25 bits per heavy atom. The van der Waals surface area contributed by atoms with E-state index in [0.717, 1.165) is 32.1 Å². The van der Waals surface area contributed by atoms with Gasteiger partial charge < -0.3 is 14.4 Å². The molecule has 2 atom stereocenters. The predicted molar refractivity (Wildman–Crippen MR) is 109 cm³/mol. The number of hydrogen-bond acceptors (Lipinski definition) is 5. The van der Waals surface area contributed by atoms with Gasteiger partial charge in [-0.1, -0.05) is 18.5 Å². The van der Waals surface area contributed by atoms with Gasteiger partial charge in [-0.25, -0.2) is 8.42 Å². The summed E-state index contributed by atoms with van der Waals surface area (Å²) in [6.07, 6.45) is 4.52. The van der Waals surface area contributed by atoms with Crippen molar-refractivity contribution in [1.29, 1.82) is 0 Å². The first-order valence-electron chi connectivity index (χ1n) is 9.93. The second-order valence-electron chi connectivity index (χ2n) is 7.49. The number of carbonyl (C=O) groups excluding carboxylic acids is 1. The molecule has 156 valence electrons. The Morgan fingerprint density at radius 3 is 2.75 bits per heavy atom. The van der Waals surface area contributed by atoms with Crippen molar-refractivity contribution in [2.45, 2.75) is 63.0 Å². The van der Waals surface area contributed by atoms with Gasteiger partial charge in [0.25, 0.3) is 0 Å². The molecule has 0 unspecified atom stereocenters. The van der Waals surface area contributed by atoms with E-state index in [4.69, 9.17) is 21.1 Å². The van der Waals surface area contributed by atoms with Crippen molar-refractivity contribution in [1.82, 2.24) is 4.90 Å². The van der Waals surface area contributed by atoms with Crippen LogP contribution in [-0.4, -0.2) is 50.3 Å². The molecule has 0 aromatic heterocycles. The maximum absolute atomic E-state index is 13.0. The topological polar surface area (TPSA) is 72.9 Å². The highest BCUT2D eigenvalue weighted by Crippen LogP contribution is 2.38. The molecule has 0 saturated carbocycles. The van der Waals surface area contributed by atoms with Gasteiger partial charge in [-0.2, -0.15) is 0 Å². The molecule has 1 fully saturated rings. The minimum atomic E-state index is -3.69. The van der Waals surface area contributed by atoms with E-state index < -0.39 is 15.1 Å². The van der Waals surface area contributed by atoms with Crippen LogP contribution in [0.2, 0.25) is 5.02 Å². The van der Waals surface area contributed by atoms with Crippen molar-refractivity contribution in [2.75, 3.05) is 19.8 Å².